The Morgan fingerprint density at radius 1 is 1.20 bits per heavy atom. The van der Waals surface area contributed by atoms with Crippen LogP contribution in [0.15, 0.2) is 30.3 Å². The monoisotopic (exact) mass is 308 g/mol. The predicted molar refractivity (Wildman–Crippen MR) is 72.9 cm³/mol. The highest BCUT2D eigenvalue weighted by Gasteiger charge is 2.29. The third-order valence-corrected chi connectivity index (χ3v) is 3.61. The van der Waals surface area contributed by atoms with Crippen molar-refractivity contribution in [3.63, 3.8) is 0 Å². The average molecular weight is 308 g/mol. The molecule has 1 nitrogen and oxygen atoms in total. The maximum Gasteiger partial charge on any atom is 0.249 e. The van der Waals surface area contributed by atoms with Crippen LogP contribution in [0.2, 0.25) is 0 Å². The standard InChI is InChI=1S/C14H16F4OS/c15-10-12(16)6-7-14(17,18)8-9-20-13(19)11-4-2-1-3-5-11/h1-5,12H,6-10H2. The molecule has 0 N–H and O–H groups in total. The minimum Gasteiger partial charge on any atom is -0.282 e. The predicted octanol–water partition coefficient (Wildman–Crippen LogP) is 4.67. The summed E-state index contributed by atoms with van der Waals surface area (Å²) in [7, 11) is 0. The van der Waals surface area contributed by atoms with Crippen molar-refractivity contribution in [3.05, 3.63) is 35.9 Å². The molecule has 0 saturated carbocycles. The molecule has 0 aliphatic heterocycles. The van der Waals surface area contributed by atoms with Gasteiger partial charge in [-0.1, -0.05) is 42.1 Å². The molecular weight excluding hydrogens is 292 g/mol. The molecule has 1 rings (SSSR count). The second-order valence-electron chi connectivity index (χ2n) is 4.40. The van der Waals surface area contributed by atoms with Crippen molar-refractivity contribution in [2.24, 2.45) is 0 Å². The van der Waals surface area contributed by atoms with Crippen molar-refractivity contribution in [1.82, 2.24) is 0 Å². The summed E-state index contributed by atoms with van der Waals surface area (Å²) in [6.07, 6.45) is -3.55. The van der Waals surface area contributed by atoms with Crippen LogP contribution in [-0.4, -0.2) is 29.6 Å². The normalized spacial score (nSPS) is 13.2. The van der Waals surface area contributed by atoms with Gasteiger partial charge in [0, 0.05) is 24.2 Å². The second-order valence-corrected chi connectivity index (χ2v) is 5.47. The van der Waals surface area contributed by atoms with Gasteiger partial charge in [0.2, 0.25) is 11.0 Å². The highest BCUT2D eigenvalue weighted by atomic mass is 32.2. The summed E-state index contributed by atoms with van der Waals surface area (Å²) in [4.78, 5) is 11.7. The van der Waals surface area contributed by atoms with Crippen LogP contribution in [0.25, 0.3) is 0 Å². The number of hydrogen-bond acceptors (Lipinski definition) is 2. The average Bonchev–Trinajstić information content (AvgIpc) is 2.45. The molecule has 1 aromatic carbocycles. The Labute approximate surface area is 119 Å². The van der Waals surface area contributed by atoms with Crippen molar-refractivity contribution >= 4 is 16.9 Å². The van der Waals surface area contributed by atoms with Crippen LogP contribution in [0.5, 0.6) is 0 Å². The molecule has 0 spiro atoms. The lowest BCUT2D eigenvalue weighted by molar-refractivity contribution is -0.0182. The smallest absolute Gasteiger partial charge is 0.249 e. The summed E-state index contributed by atoms with van der Waals surface area (Å²) in [5.74, 6) is -3.11. The Bertz CT molecular complexity index is 411. The van der Waals surface area contributed by atoms with Gasteiger partial charge in [0.1, 0.15) is 12.8 Å². The first-order valence-electron chi connectivity index (χ1n) is 6.24. The zero-order valence-electron chi connectivity index (χ0n) is 10.8. The molecule has 0 heterocycles. The number of carbonyl (C=O) groups excluding carboxylic acids is 1. The number of carbonyl (C=O) groups is 1. The fourth-order valence-corrected chi connectivity index (χ4v) is 2.41. The Morgan fingerprint density at radius 2 is 1.85 bits per heavy atom. The van der Waals surface area contributed by atoms with Gasteiger partial charge in [-0.15, -0.1) is 0 Å². The molecule has 0 saturated heterocycles. The molecule has 0 aromatic heterocycles. The molecule has 0 fully saturated rings. The molecule has 0 amide bonds. The fourth-order valence-electron chi connectivity index (χ4n) is 1.52. The molecule has 20 heavy (non-hydrogen) atoms. The van der Waals surface area contributed by atoms with E-state index in [1.165, 1.54) is 0 Å². The Hall–Kier alpha value is -1.04. The van der Waals surface area contributed by atoms with E-state index in [0.717, 1.165) is 11.8 Å². The molecule has 0 bridgehead atoms. The van der Waals surface area contributed by atoms with Gasteiger partial charge < -0.3 is 0 Å². The SMILES string of the molecule is O=C(SCCC(F)(F)CCC(F)CF)c1ccccc1. The number of alkyl halides is 4. The number of thioether (sulfide) groups is 1. The maximum absolute atomic E-state index is 13.4. The minimum absolute atomic E-state index is 0.0483. The van der Waals surface area contributed by atoms with Crippen LogP contribution < -0.4 is 0 Å². The lowest BCUT2D eigenvalue weighted by atomic mass is 10.1. The molecule has 1 aromatic rings. The fraction of sp³-hybridized carbons (Fsp3) is 0.500. The van der Waals surface area contributed by atoms with E-state index in [2.05, 4.69) is 0 Å². The summed E-state index contributed by atoms with van der Waals surface area (Å²) >= 11 is 0.810. The van der Waals surface area contributed by atoms with Crippen molar-refractivity contribution in [1.29, 1.82) is 0 Å². The zero-order valence-corrected chi connectivity index (χ0v) is 11.6. The zero-order chi connectivity index (χ0) is 15.0. The van der Waals surface area contributed by atoms with E-state index in [4.69, 9.17) is 0 Å². The molecule has 1 unspecified atom stereocenters. The quantitative estimate of drug-likeness (QED) is 0.649. The number of hydrogen-bond donors (Lipinski definition) is 0. The number of halogens is 4. The van der Waals surface area contributed by atoms with E-state index < -0.39 is 38.0 Å². The molecule has 1 atom stereocenters. The summed E-state index contributed by atoms with van der Waals surface area (Å²) in [5, 5.41) is -0.270. The Morgan fingerprint density at radius 3 is 2.45 bits per heavy atom. The van der Waals surface area contributed by atoms with Crippen LogP contribution in [0.4, 0.5) is 17.6 Å². The van der Waals surface area contributed by atoms with E-state index in [0.29, 0.717) is 5.56 Å². The number of benzene rings is 1. The van der Waals surface area contributed by atoms with Gasteiger partial charge >= 0.3 is 0 Å². The summed E-state index contributed by atoms with van der Waals surface area (Å²) in [6, 6.07) is 8.38. The van der Waals surface area contributed by atoms with E-state index in [-0.39, 0.29) is 10.9 Å². The van der Waals surface area contributed by atoms with Crippen LogP contribution in [0, 0.1) is 0 Å². The van der Waals surface area contributed by atoms with Crippen molar-refractivity contribution in [2.75, 3.05) is 12.4 Å². The molecule has 0 aliphatic rings. The highest BCUT2D eigenvalue weighted by Crippen LogP contribution is 2.28. The third-order valence-electron chi connectivity index (χ3n) is 2.70. The molecule has 6 heteroatoms. The van der Waals surface area contributed by atoms with E-state index in [1.807, 2.05) is 0 Å². The Kier molecular flexibility index (Phi) is 7.05. The van der Waals surface area contributed by atoms with Crippen LogP contribution in [-0.2, 0) is 0 Å². The van der Waals surface area contributed by atoms with E-state index in [1.54, 1.807) is 30.3 Å². The second kappa shape index (κ2) is 8.29. The maximum atomic E-state index is 13.4. The number of rotatable bonds is 8. The van der Waals surface area contributed by atoms with Gasteiger partial charge in [-0.3, -0.25) is 4.79 Å². The van der Waals surface area contributed by atoms with Gasteiger partial charge in [0.25, 0.3) is 0 Å². The van der Waals surface area contributed by atoms with Crippen LogP contribution >= 0.6 is 11.8 Å². The molecule has 112 valence electrons. The molecule has 0 radical (unpaired) electrons. The lowest BCUT2D eigenvalue weighted by Gasteiger charge is -2.16. The summed E-state index contributed by atoms with van der Waals surface area (Å²) in [6.45, 7) is -1.24. The van der Waals surface area contributed by atoms with Gasteiger partial charge in [-0.2, -0.15) is 0 Å². The minimum atomic E-state index is -3.07. The van der Waals surface area contributed by atoms with E-state index in [9.17, 15) is 22.4 Å². The van der Waals surface area contributed by atoms with Crippen LogP contribution in [0.3, 0.4) is 0 Å². The van der Waals surface area contributed by atoms with Gasteiger partial charge in [-0.25, -0.2) is 17.6 Å². The highest BCUT2D eigenvalue weighted by molar-refractivity contribution is 8.14. The van der Waals surface area contributed by atoms with Crippen molar-refractivity contribution in [3.8, 4) is 0 Å². The summed E-state index contributed by atoms with van der Waals surface area (Å²) < 4.78 is 51.1. The molecule has 0 aliphatic carbocycles. The Balaban J connectivity index is 2.30. The summed E-state index contributed by atoms with van der Waals surface area (Å²) in [5.41, 5.74) is 0.460. The van der Waals surface area contributed by atoms with Gasteiger partial charge in [-0.05, 0) is 6.42 Å². The largest absolute Gasteiger partial charge is 0.282 e. The van der Waals surface area contributed by atoms with Gasteiger partial charge in [0.05, 0.1) is 0 Å². The first-order valence-corrected chi connectivity index (χ1v) is 7.23. The topological polar surface area (TPSA) is 17.1 Å². The van der Waals surface area contributed by atoms with Gasteiger partial charge in [0.15, 0.2) is 0 Å². The first-order chi connectivity index (χ1) is 9.44. The third kappa shape index (κ3) is 6.41. The van der Waals surface area contributed by atoms with Crippen molar-refractivity contribution in [2.45, 2.75) is 31.4 Å². The lowest BCUT2D eigenvalue weighted by Crippen LogP contribution is -2.20. The molecular formula is C14H16F4OS. The van der Waals surface area contributed by atoms with Crippen molar-refractivity contribution < 1.29 is 22.4 Å². The van der Waals surface area contributed by atoms with E-state index >= 15 is 0 Å². The van der Waals surface area contributed by atoms with Crippen LogP contribution in [0.1, 0.15) is 29.6 Å². The first kappa shape index (κ1) is 17.0.